The van der Waals surface area contributed by atoms with Gasteiger partial charge in [0.2, 0.25) is 6.79 Å². The number of aromatic nitrogens is 3. The van der Waals surface area contributed by atoms with Crippen LogP contribution < -0.4 is 15.5 Å². The van der Waals surface area contributed by atoms with Crippen molar-refractivity contribution < 1.29 is 28.7 Å². The minimum atomic E-state index is -0.913. The monoisotopic (exact) mass is 482 g/mol. The highest BCUT2D eigenvalue weighted by Gasteiger charge is 2.28. The first kappa shape index (κ1) is 25.1. The van der Waals surface area contributed by atoms with Crippen molar-refractivity contribution in [3.8, 4) is 0 Å². The second-order valence-electron chi connectivity index (χ2n) is 7.39. The molecule has 2 heterocycles. The number of aryl methyl sites for hydroxylation is 2. The lowest BCUT2D eigenvalue weighted by Crippen LogP contribution is -2.30. The van der Waals surface area contributed by atoms with E-state index in [4.69, 9.17) is 4.74 Å². The van der Waals surface area contributed by atoms with Crippen LogP contribution in [0.2, 0.25) is 0 Å². The Kier molecular flexibility index (Phi) is 7.97. The van der Waals surface area contributed by atoms with E-state index in [1.54, 1.807) is 39.8 Å². The largest absolute Gasteiger partial charge is 0.430 e. The molecule has 0 atom stereocenters. The van der Waals surface area contributed by atoms with E-state index >= 15 is 0 Å². The molecule has 3 amide bonds. The fourth-order valence-corrected chi connectivity index (χ4v) is 3.52. The van der Waals surface area contributed by atoms with E-state index in [9.17, 15) is 19.2 Å². The maximum absolute atomic E-state index is 13.2. The fraction of sp³-hybridized carbons (Fsp3) is 0.304. The Balaban J connectivity index is 2.22. The van der Waals surface area contributed by atoms with E-state index in [0.29, 0.717) is 46.5 Å². The molecule has 1 aromatic carbocycles. The van der Waals surface area contributed by atoms with Crippen LogP contribution in [0.4, 0.5) is 16.3 Å². The normalized spacial score (nSPS) is 10.5. The summed E-state index contributed by atoms with van der Waals surface area (Å²) in [4.78, 5) is 54.3. The third-order valence-corrected chi connectivity index (χ3v) is 5.15. The van der Waals surface area contributed by atoms with Crippen LogP contribution >= 0.6 is 0 Å². The van der Waals surface area contributed by atoms with Crippen molar-refractivity contribution in [2.75, 3.05) is 24.8 Å². The first-order chi connectivity index (χ1) is 16.8. The number of carbonyl (C=O) groups excluding carboxylic acids is 4. The van der Waals surface area contributed by atoms with E-state index in [1.807, 2.05) is 0 Å². The maximum atomic E-state index is 13.2. The molecule has 12 nitrogen and oxygen atoms in total. The van der Waals surface area contributed by atoms with Crippen LogP contribution in [-0.2, 0) is 14.3 Å². The molecule has 0 bridgehead atoms. The standard InChI is InChI=1S/C23H26N6O6/c1-5-24-21(31)16-8-7-14(3)18(9-16)29(23(33)35-13-34-12-30)20-19-15(4)17(22(32)25-6-2)10-28(19)27-11-26-20/h7-12H,5-6,13H2,1-4H3,(H,24,31)(H,25,32). The number of fused-ring (bicyclic) bond motifs is 1. The minimum absolute atomic E-state index is 0.111. The third-order valence-electron chi connectivity index (χ3n) is 5.15. The smallest absolute Gasteiger partial charge is 0.423 e. The van der Waals surface area contributed by atoms with Gasteiger partial charge in [-0.15, -0.1) is 0 Å². The Bertz CT molecular complexity index is 1270. The third kappa shape index (κ3) is 5.21. The molecule has 0 unspecified atom stereocenters. The van der Waals surface area contributed by atoms with Crippen LogP contribution in [-0.4, -0.2) is 58.9 Å². The van der Waals surface area contributed by atoms with Crippen LogP contribution in [0.15, 0.2) is 30.7 Å². The van der Waals surface area contributed by atoms with Gasteiger partial charge in [-0.2, -0.15) is 5.10 Å². The SMILES string of the molecule is CCNC(=O)c1ccc(C)c(N(C(=O)OCOC=O)c2ncnn3cc(C(=O)NCC)c(C)c23)c1. The first-order valence-electron chi connectivity index (χ1n) is 10.9. The number of nitrogens with zero attached hydrogens (tertiary/aromatic N) is 4. The summed E-state index contributed by atoms with van der Waals surface area (Å²) < 4.78 is 11.1. The zero-order chi connectivity index (χ0) is 25.5. The maximum Gasteiger partial charge on any atom is 0.423 e. The quantitative estimate of drug-likeness (QED) is 0.268. The van der Waals surface area contributed by atoms with E-state index in [0.717, 1.165) is 4.90 Å². The van der Waals surface area contributed by atoms with Gasteiger partial charge in [-0.25, -0.2) is 19.2 Å². The summed E-state index contributed by atoms with van der Waals surface area (Å²) in [5.74, 6) is -0.513. The van der Waals surface area contributed by atoms with Crippen molar-refractivity contribution >= 4 is 41.4 Å². The van der Waals surface area contributed by atoms with Gasteiger partial charge in [0.1, 0.15) is 11.8 Å². The second kappa shape index (κ2) is 11.1. The summed E-state index contributed by atoms with van der Waals surface area (Å²) in [6.45, 7) is 7.45. The predicted molar refractivity (Wildman–Crippen MR) is 126 cm³/mol. The molecular weight excluding hydrogens is 456 g/mol. The molecule has 0 spiro atoms. The number of amides is 3. The minimum Gasteiger partial charge on any atom is -0.430 e. The van der Waals surface area contributed by atoms with Crippen molar-refractivity contribution in [1.82, 2.24) is 25.2 Å². The summed E-state index contributed by atoms with van der Waals surface area (Å²) >= 11 is 0. The van der Waals surface area contributed by atoms with Crippen molar-refractivity contribution in [1.29, 1.82) is 0 Å². The highest BCUT2D eigenvalue weighted by Crippen LogP contribution is 2.34. The van der Waals surface area contributed by atoms with Crippen LogP contribution in [0.5, 0.6) is 0 Å². The van der Waals surface area contributed by atoms with Gasteiger partial charge in [0, 0.05) is 24.8 Å². The number of hydrogen-bond acceptors (Lipinski definition) is 8. The average Bonchev–Trinajstić information content (AvgIpc) is 3.18. The lowest BCUT2D eigenvalue weighted by atomic mass is 10.1. The number of carbonyl (C=O) groups is 4. The Morgan fingerprint density at radius 1 is 1.11 bits per heavy atom. The number of hydrogen-bond donors (Lipinski definition) is 2. The van der Waals surface area contributed by atoms with Gasteiger partial charge in [0.15, 0.2) is 5.82 Å². The number of rotatable bonds is 9. The Labute approximate surface area is 201 Å². The molecule has 0 aliphatic heterocycles. The summed E-state index contributed by atoms with van der Waals surface area (Å²) in [7, 11) is 0. The average molecular weight is 482 g/mol. The Hall–Kier alpha value is -4.48. The number of nitrogens with one attached hydrogen (secondary N) is 2. The molecular formula is C23H26N6O6. The van der Waals surface area contributed by atoms with Gasteiger partial charge >= 0.3 is 6.09 Å². The van der Waals surface area contributed by atoms with Crippen molar-refractivity contribution in [3.05, 3.63) is 53.0 Å². The molecule has 0 aliphatic rings. The van der Waals surface area contributed by atoms with E-state index in [-0.39, 0.29) is 24.1 Å². The second-order valence-corrected chi connectivity index (χ2v) is 7.39. The fourth-order valence-electron chi connectivity index (χ4n) is 3.52. The molecule has 184 valence electrons. The molecule has 3 rings (SSSR count). The lowest BCUT2D eigenvalue weighted by molar-refractivity contribution is -0.136. The van der Waals surface area contributed by atoms with Crippen molar-refractivity contribution in [2.24, 2.45) is 0 Å². The lowest BCUT2D eigenvalue weighted by Gasteiger charge is -2.24. The number of ether oxygens (including phenoxy) is 2. The van der Waals surface area contributed by atoms with Gasteiger partial charge in [-0.05, 0) is 51.0 Å². The summed E-state index contributed by atoms with van der Waals surface area (Å²) in [5, 5.41) is 9.64. The van der Waals surface area contributed by atoms with Gasteiger partial charge in [-0.1, -0.05) is 6.07 Å². The molecule has 0 aliphatic carbocycles. The van der Waals surface area contributed by atoms with Gasteiger partial charge < -0.3 is 20.1 Å². The zero-order valence-corrected chi connectivity index (χ0v) is 19.8. The van der Waals surface area contributed by atoms with Crippen molar-refractivity contribution in [2.45, 2.75) is 27.7 Å². The molecule has 2 aromatic heterocycles. The summed E-state index contributed by atoms with van der Waals surface area (Å²) in [5.41, 5.74) is 2.53. The molecule has 35 heavy (non-hydrogen) atoms. The number of anilines is 2. The van der Waals surface area contributed by atoms with E-state index < -0.39 is 12.9 Å². The van der Waals surface area contributed by atoms with E-state index in [2.05, 4.69) is 25.5 Å². The van der Waals surface area contributed by atoms with Crippen molar-refractivity contribution in [3.63, 3.8) is 0 Å². The zero-order valence-electron chi connectivity index (χ0n) is 19.8. The predicted octanol–water partition coefficient (Wildman–Crippen LogP) is 2.25. The summed E-state index contributed by atoms with van der Waals surface area (Å²) in [6, 6.07) is 4.85. The van der Waals surface area contributed by atoms with Crippen LogP contribution in [0.25, 0.3) is 5.52 Å². The van der Waals surface area contributed by atoms with Crippen LogP contribution in [0.3, 0.4) is 0 Å². The molecule has 0 saturated heterocycles. The van der Waals surface area contributed by atoms with E-state index in [1.165, 1.54) is 23.1 Å². The van der Waals surface area contributed by atoms with Gasteiger partial charge in [0.05, 0.1) is 11.3 Å². The molecule has 0 fully saturated rings. The van der Waals surface area contributed by atoms with Gasteiger partial charge in [0.25, 0.3) is 18.3 Å². The molecule has 2 N–H and O–H groups in total. The first-order valence-corrected chi connectivity index (χ1v) is 10.9. The highest BCUT2D eigenvalue weighted by molar-refractivity contribution is 6.04. The molecule has 0 saturated carbocycles. The Morgan fingerprint density at radius 2 is 1.83 bits per heavy atom. The molecule has 0 radical (unpaired) electrons. The molecule has 3 aromatic rings. The highest BCUT2D eigenvalue weighted by atomic mass is 16.7. The van der Waals surface area contributed by atoms with Gasteiger partial charge in [-0.3, -0.25) is 14.4 Å². The topological polar surface area (TPSA) is 144 Å². The molecule has 12 heteroatoms. The number of benzene rings is 1. The van der Waals surface area contributed by atoms with Crippen LogP contribution in [0, 0.1) is 13.8 Å². The Morgan fingerprint density at radius 3 is 2.51 bits per heavy atom. The van der Waals surface area contributed by atoms with Crippen LogP contribution in [0.1, 0.15) is 45.7 Å². The summed E-state index contributed by atoms with van der Waals surface area (Å²) in [6.07, 6.45) is 1.86.